The second-order valence-electron chi connectivity index (χ2n) is 1.09. The van der Waals surface area contributed by atoms with Crippen LogP contribution in [0.1, 0.15) is 6.42 Å². The third-order valence-corrected chi connectivity index (χ3v) is 1.15. The smallest absolute Gasteiger partial charge is 0.107 e. The number of halogens is 1. The van der Waals surface area contributed by atoms with Crippen molar-refractivity contribution >= 4 is 20.6 Å². The molecule has 0 fully saturated rings. The molecule has 3 heteroatoms. The Labute approximate surface area is 44.7 Å². The topological polar surface area (TPSA) is 26.5 Å². The lowest BCUT2D eigenvalue weighted by atomic mass is 10.5. The minimum atomic E-state index is 0.862. The van der Waals surface area contributed by atoms with Gasteiger partial charge in [-0.15, -0.1) is 0 Å². The maximum absolute atomic E-state index is 3.71. The Morgan fingerprint density at radius 3 is 2.67 bits per heavy atom. The van der Waals surface area contributed by atoms with E-state index in [2.05, 4.69) is 26.5 Å². The van der Waals surface area contributed by atoms with E-state index in [9.17, 15) is 0 Å². The zero-order chi connectivity index (χ0) is 4.41. The van der Waals surface area contributed by atoms with Crippen LogP contribution in [0.3, 0.4) is 0 Å². The van der Waals surface area contributed by atoms with Crippen LogP contribution in [0, 0.1) is 0 Å². The van der Waals surface area contributed by atoms with E-state index < -0.39 is 0 Å². The predicted octanol–water partition coefficient (Wildman–Crippen LogP) is 0.703. The molecule has 0 aliphatic carbocycles. The summed E-state index contributed by atoms with van der Waals surface area (Å²) < 4.78 is 0.975. The van der Waals surface area contributed by atoms with Gasteiger partial charge in [0.25, 0.3) is 0 Å². The second kappa shape index (κ2) is 1.60. The van der Waals surface area contributed by atoms with Crippen LogP contribution in [0.5, 0.6) is 0 Å². The Hall–Kier alpha value is -0.0500. The molecule has 0 N–H and O–H groups in total. The van der Waals surface area contributed by atoms with E-state index in [-0.39, 0.29) is 0 Å². The molecule has 0 aromatic carbocycles. The van der Waals surface area contributed by atoms with Gasteiger partial charge in [-0.3, -0.25) is 0 Å². The lowest BCUT2D eigenvalue weighted by Crippen LogP contribution is -1.86. The van der Waals surface area contributed by atoms with Gasteiger partial charge >= 0.3 is 0 Å². The molecular formula is C3H4BrN2. The normalized spacial score (nSPS) is 19.8. The molecule has 1 radical (unpaired) electrons. The van der Waals surface area contributed by atoms with Gasteiger partial charge in [0.15, 0.2) is 0 Å². The highest BCUT2D eigenvalue weighted by atomic mass is 79.9. The minimum absolute atomic E-state index is 0.862. The average Bonchev–Trinajstić information content (AvgIpc) is 1.86. The summed E-state index contributed by atoms with van der Waals surface area (Å²) in [5, 5.41) is 3.69. The molecule has 0 atom stereocenters. The van der Waals surface area contributed by atoms with Crippen LogP contribution in [0.4, 0.5) is 0 Å². The number of hydrogen-bond donors (Lipinski definition) is 0. The average molecular weight is 148 g/mol. The molecule has 2 nitrogen and oxygen atoms in total. The molecule has 1 rings (SSSR count). The highest BCUT2D eigenvalue weighted by Gasteiger charge is 1.99. The molecule has 6 heavy (non-hydrogen) atoms. The van der Waals surface area contributed by atoms with Gasteiger partial charge in [-0.2, -0.15) is 10.5 Å². The molecule has 0 aromatic heterocycles. The molecule has 1 heterocycles. The van der Waals surface area contributed by atoms with E-state index in [4.69, 9.17) is 0 Å². The molecule has 0 saturated carbocycles. The van der Waals surface area contributed by atoms with Crippen molar-refractivity contribution in [1.29, 1.82) is 0 Å². The fourth-order valence-corrected chi connectivity index (χ4v) is 0.608. The van der Waals surface area contributed by atoms with Crippen molar-refractivity contribution < 1.29 is 0 Å². The van der Waals surface area contributed by atoms with Crippen LogP contribution in [-0.4, -0.2) is 11.2 Å². The van der Waals surface area contributed by atoms with Gasteiger partial charge in [0.1, 0.15) is 4.62 Å². The van der Waals surface area contributed by atoms with Crippen molar-refractivity contribution in [2.45, 2.75) is 6.42 Å². The van der Waals surface area contributed by atoms with Crippen molar-refractivity contribution in [3.05, 3.63) is 0 Å². The van der Waals surface area contributed by atoms with E-state index in [1.165, 1.54) is 0 Å². The highest BCUT2D eigenvalue weighted by molar-refractivity contribution is 9.18. The van der Waals surface area contributed by atoms with E-state index >= 15 is 0 Å². The van der Waals surface area contributed by atoms with E-state index in [0.29, 0.717) is 0 Å². The first-order chi connectivity index (χ1) is 2.89. The first-order valence-corrected chi connectivity index (χ1v) is 2.58. The lowest BCUT2D eigenvalue weighted by molar-refractivity contribution is 0.795. The number of nitrogens with zero attached hydrogens (tertiary/aromatic N) is 2. The fourth-order valence-electron chi connectivity index (χ4n) is 0.319. The molecular weight excluding hydrogens is 144 g/mol. The summed E-state index contributed by atoms with van der Waals surface area (Å²) in [6.07, 6.45) is 0.986. The van der Waals surface area contributed by atoms with Crippen LogP contribution in [0.2, 0.25) is 0 Å². The summed E-state index contributed by atoms with van der Waals surface area (Å²) in [7, 11) is 0. The zero-order valence-corrected chi connectivity index (χ0v) is 4.77. The Kier molecular flexibility index (Phi) is 1.10. The van der Waals surface area contributed by atoms with Crippen molar-refractivity contribution in [2.75, 3.05) is 6.54 Å². The Morgan fingerprint density at radius 2 is 2.50 bits per heavy atom. The Morgan fingerprint density at radius 1 is 1.67 bits per heavy atom. The van der Waals surface area contributed by atoms with E-state index in [1.54, 1.807) is 0 Å². The summed E-state index contributed by atoms with van der Waals surface area (Å²) >= 11 is 3.19. The van der Waals surface area contributed by atoms with Gasteiger partial charge in [-0.25, -0.2) is 0 Å². The van der Waals surface area contributed by atoms with Crippen LogP contribution >= 0.6 is 15.9 Å². The quantitative estimate of drug-likeness (QED) is 0.483. The Balaban J connectivity index is 2.45. The van der Waals surface area contributed by atoms with Crippen molar-refractivity contribution in [3.8, 4) is 0 Å². The van der Waals surface area contributed by atoms with Gasteiger partial charge in [0.05, 0.1) is 6.54 Å². The van der Waals surface area contributed by atoms with E-state index in [1.807, 2.05) is 0 Å². The molecule has 1 aliphatic heterocycles. The van der Waals surface area contributed by atoms with Crippen molar-refractivity contribution in [3.63, 3.8) is 0 Å². The monoisotopic (exact) mass is 147 g/mol. The zero-order valence-electron chi connectivity index (χ0n) is 3.19. The molecule has 0 bridgehead atoms. The number of hydrogen-bond acceptors (Lipinski definition) is 1. The lowest BCUT2D eigenvalue weighted by Gasteiger charge is -1.70. The maximum Gasteiger partial charge on any atom is 0.107 e. The molecule has 1 aliphatic rings. The van der Waals surface area contributed by atoms with Crippen LogP contribution in [0.15, 0.2) is 5.10 Å². The minimum Gasteiger partial charge on any atom is -0.188 e. The third-order valence-electron chi connectivity index (χ3n) is 0.597. The van der Waals surface area contributed by atoms with Crippen LogP contribution in [0.25, 0.3) is 0 Å². The van der Waals surface area contributed by atoms with Crippen LogP contribution in [-0.2, 0) is 0 Å². The van der Waals surface area contributed by atoms with E-state index in [0.717, 1.165) is 17.6 Å². The summed E-state index contributed by atoms with van der Waals surface area (Å²) in [5.74, 6) is 0. The second-order valence-corrected chi connectivity index (χ2v) is 2.01. The third kappa shape index (κ3) is 0.712. The predicted molar refractivity (Wildman–Crippen MR) is 28.0 cm³/mol. The summed E-state index contributed by atoms with van der Waals surface area (Å²) in [6.45, 7) is 0.862. The van der Waals surface area contributed by atoms with Gasteiger partial charge in [0.2, 0.25) is 0 Å². The maximum atomic E-state index is 3.71. The molecule has 0 unspecified atom stereocenters. The summed E-state index contributed by atoms with van der Waals surface area (Å²) in [5.41, 5.74) is 3.71. The van der Waals surface area contributed by atoms with Gasteiger partial charge < -0.3 is 0 Å². The molecule has 0 aromatic rings. The standard InChI is InChI=1S/C3H4BrN2/c4-3-1-2-5-6-3/h1-2H2. The fraction of sp³-hybridized carbons (Fsp3) is 0.667. The SMILES string of the molecule is BrC1=N[N]CC1. The van der Waals surface area contributed by atoms with Gasteiger partial charge in [-0.1, -0.05) is 0 Å². The molecule has 33 valence electrons. The molecule has 0 saturated heterocycles. The first kappa shape index (κ1) is 4.12. The summed E-state index contributed by atoms with van der Waals surface area (Å²) in [6, 6.07) is 0. The highest BCUT2D eigenvalue weighted by Crippen LogP contribution is 1.99. The molecule has 0 spiro atoms. The largest absolute Gasteiger partial charge is 0.188 e. The van der Waals surface area contributed by atoms with Crippen LogP contribution < -0.4 is 5.43 Å². The van der Waals surface area contributed by atoms with Gasteiger partial charge in [0, 0.05) is 6.42 Å². The van der Waals surface area contributed by atoms with Gasteiger partial charge in [-0.05, 0) is 15.9 Å². The first-order valence-electron chi connectivity index (χ1n) is 1.78. The van der Waals surface area contributed by atoms with Crippen molar-refractivity contribution in [2.24, 2.45) is 5.10 Å². The summed E-state index contributed by atoms with van der Waals surface area (Å²) in [4.78, 5) is 0. The Bertz CT molecular complexity index is 78.9. The number of rotatable bonds is 0. The van der Waals surface area contributed by atoms with Crippen molar-refractivity contribution in [1.82, 2.24) is 5.43 Å². The molecule has 0 amide bonds.